The van der Waals surface area contributed by atoms with Crippen molar-refractivity contribution in [3.63, 3.8) is 0 Å². The second kappa shape index (κ2) is 6.31. The summed E-state index contributed by atoms with van der Waals surface area (Å²) in [7, 11) is 0. The highest BCUT2D eigenvalue weighted by Crippen LogP contribution is 2.31. The van der Waals surface area contributed by atoms with Gasteiger partial charge < -0.3 is 4.74 Å². The maximum Gasteiger partial charge on any atom is 0.188 e. The van der Waals surface area contributed by atoms with Crippen LogP contribution in [0.15, 0.2) is 18.2 Å². The van der Waals surface area contributed by atoms with E-state index in [-0.39, 0.29) is 18.5 Å². The number of hydrogen-bond acceptors (Lipinski definition) is 2. The Balaban J connectivity index is 1.55. The van der Waals surface area contributed by atoms with Gasteiger partial charge in [-0.25, -0.2) is 0 Å². The molecule has 0 aliphatic heterocycles. The highest BCUT2D eigenvalue weighted by atomic mass is 16.5. The van der Waals surface area contributed by atoms with Gasteiger partial charge in [0.05, 0.1) is 6.10 Å². The molecule has 2 aliphatic carbocycles. The van der Waals surface area contributed by atoms with Crippen LogP contribution in [0.5, 0.6) is 0 Å². The molecule has 0 heterocycles. The first-order valence-electron chi connectivity index (χ1n) is 8.40. The summed E-state index contributed by atoms with van der Waals surface area (Å²) in [5, 5.41) is 0. The fraction of sp³-hybridized carbons (Fsp3) is 0.632. The number of fused-ring (bicyclic) bond motifs is 1. The van der Waals surface area contributed by atoms with Crippen molar-refractivity contribution in [1.29, 1.82) is 0 Å². The zero-order valence-electron chi connectivity index (χ0n) is 13.2. The van der Waals surface area contributed by atoms with E-state index in [0.717, 1.165) is 30.7 Å². The van der Waals surface area contributed by atoms with Crippen molar-refractivity contribution in [2.45, 2.75) is 58.5 Å². The largest absolute Gasteiger partial charge is 0.370 e. The molecular weight excluding hydrogens is 260 g/mol. The minimum Gasteiger partial charge on any atom is -0.370 e. The summed E-state index contributed by atoms with van der Waals surface area (Å²) in [4.78, 5) is 12.3. The fourth-order valence-corrected chi connectivity index (χ4v) is 3.67. The Morgan fingerprint density at radius 1 is 1.14 bits per heavy atom. The maximum absolute atomic E-state index is 12.3. The van der Waals surface area contributed by atoms with Gasteiger partial charge in [-0.1, -0.05) is 26.0 Å². The van der Waals surface area contributed by atoms with Gasteiger partial charge in [-0.2, -0.15) is 0 Å². The molecule has 3 atom stereocenters. The standard InChI is InChI=1S/C19H26O2/c1-13-6-9-18(10-14(13)2)21-12-19(20)17-8-7-15-4-3-5-16(15)11-17/h7-8,11,13-14,18H,3-6,9-10,12H2,1-2H3. The zero-order chi connectivity index (χ0) is 14.8. The van der Waals surface area contributed by atoms with E-state index < -0.39 is 0 Å². The summed E-state index contributed by atoms with van der Waals surface area (Å²) in [6.07, 6.45) is 7.20. The second-order valence-corrected chi connectivity index (χ2v) is 6.96. The van der Waals surface area contributed by atoms with Crippen LogP contribution in [-0.2, 0) is 17.6 Å². The van der Waals surface area contributed by atoms with Crippen LogP contribution in [0.4, 0.5) is 0 Å². The number of carbonyl (C=O) groups is 1. The van der Waals surface area contributed by atoms with Crippen molar-refractivity contribution < 1.29 is 9.53 Å². The molecule has 0 amide bonds. The minimum atomic E-state index is 0.135. The Bertz CT molecular complexity index is 520. The van der Waals surface area contributed by atoms with Crippen LogP contribution in [-0.4, -0.2) is 18.5 Å². The molecule has 114 valence electrons. The molecule has 0 N–H and O–H groups in total. The molecule has 2 aliphatic rings. The fourth-order valence-electron chi connectivity index (χ4n) is 3.67. The number of aryl methyl sites for hydroxylation is 2. The molecule has 0 saturated heterocycles. The normalized spacial score (nSPS) is 28.4. The molecule has 0 bridgehead atoms. The van der Waals surface area contributed by atoms with Crippen molar-refractivity contribution >= 4 is 5.78 Å². The Morgan fingerprint density at radius 3 is 2.76 bits per heavy atom. The molecule has 1 aromatic rings. The van der Waals surface area contributed by atoms with E-state index in [9.17, 15) is 4.79 Å². The van der Waals surface area contributed by atoms with Gasteiger partial charge in [0.25, 0.3) is 0 Å². The summed E-state index contributed by atoms with van der Waals surface area (Å²) >= 11 is 0. The van der Waals surface area contributed by atoms with Crippen LogP contribution in [0.1, 0.15) is 61.0 Å². The highest BCUT2D eigenvalue weighted by Gasteiger charge is 2.25. The zero-order valence-corrected chi connectivity index (χ0v) is 13.2. The van der Waals surface area contributed by atoms with Crippen LogP contribution >= 0.6 is 0 Å². The van der Waals surface area contributed by atoms with Crippen molar-refractivity contribution in [3.8, 4) is 0 Å². The highest BCUT2D eigenvalue weighted by molar-refractivity contribution is 5.97. The van der Waals surface area contributed by atoms with Crippen molar-refractivity contribution in [2.24, 2.45) is 11.8 Å². The van der Waals surface area contributed by atoms with E-state index in [2.05, 4.69) is 26.0 Å². The second-order valence-electron chi connectivity index (χ2n) is 6.96. The molecule has 0 aromatic heterocycles. The Kier molecular flexibility index (Phi) is 4.44. The van der Waals surface area contributed by atoms with E-state index in [4.69, 9.17) is 4.74 Å². The summed E-state index contributed by atoms with van der Waals surface area (Å²) in [6.45, 7) is 4.85. The number of carbonyl (C=O) groups excluding carboxylic acids is 1. The van der Waals surface area contributed by atoms with Crippen LogP contribution in [0.25, 0.3) is 0 Å². The molecule has 21 heavy (non-hydrogen) atoms. The van der Waals surface area contributed by atoms with E-state index in [1.807, 2.05) is 6.07 Å². The molecular formula is C19H26O2. The number of hydrogen-bond donors (Lipinski definition) is 0. The molecule has 0 spiro atoms. The lowest BCUT2D eigenvalue weighted by Gasteiger charge is -2.31. The van der Waals surface area contributed by atoms with Gasteiger partial charge in [0.1, 0.15) is 6.61 Å². The summed E-state index contributed by atoms with van der Waals surface area (Å²) in [5.41, 5.74) is 3.61. The first-order valence-corrected chi connectivity index (χ1v) is 8.40. The van der Waals surface area contributed by atoms with Crippen molar-refractivity contribution in [2.75, 3.05) is 6.61 Å². The first kappa shape index (κ1) is 14.8. The summed E-state index contributed by atoms with van der Waals surface area (Å²) in [6, 6.07) is 6.18. The van der Waals surface area contributed by atoms with Gasteiger partial charge in [0, 0.05) is 5.56 Å². The lowest BCUT2D eigenvalue weighted by Crippen LogP contribution is -2.28. The van der Waals surface area contributed by atoms with Gasteiger partial charge >= 0.3 is 0 Å². The van der Waals surface area contributed by atoms with Crippen LogP contribution < -0.4 is 0 Å². The number of ether oxygens (including phenoxy) is 1. The van der Waals surface area contributed by atoms with Crippen molar-refractivity contribution in [1.82, 2.24) is 0 Å². The molecule has 3 rings (SSSR count). The topological polar surface area (TPSA) is 26.3 Å². The van der Waals surface area contributed by atoms with Crippen molar-refractivity contribution in [3.05, 3.63) is 34.9 Å². The van der Waals surface area contributed by atoms with Gasteiger partial charge in [-0.05, 0) is 67.6 Å². The van der Waals surface area contributed by atoms with E-state index in [0.29, 0.717) is 5.92 Å². The monoisotopic (exact) mass is 286 g/mol. The van der Waals surface area contributed by atoms with Gasteiger partial charge in [-0.3, -0.25) is 4.79 Å². The molecule has 3 unspecified atom stereocenters. The quantitative estimate of drug-likeness (QED) is 0.775. The van der Waals surface area contributed by atoms with Gasteiger partial charge in [0.15, 0.2) is 5.78 Å². The van der Waals surface area contributed by atoms with Crippen LogP contribution in [0.3, 0.4) is 0 Å². The molecule has 1 aromatic carbocycles. The van der Waals surface area contributed by atoms with Crippen LogP contribution in [0.2, 0.25) is 0 Å². The van der Waals surface area contributed by atoms with Crippen LogP contribution in [0, 0.1) is 11.8 Å². The molecule has 2 heteroatoms. The van der Waals surface area contributed by atoms with Gasteiger partial charge in [-0.15, -0.1) is 0 Å². The molecule has 1 saturated carbocycles. The lowest BCUT2D eigenvalue weighted by molar-refractivity contribution is 0.00708. The average molecular weight is 286 g/mol. The third-order valence-corrected chi connectivity index (χ3v) is 5.42. The maximum atomic E-state index is 12.3. The lowest BCUT2D eigenvalue weighted by atomic mass is 9.80. The Hall–Kier alpha value is -1.15. The third kappa shape index (κ3) is 3.37. The van der Waals surface area contributed by atoms with Gasteiger partial charge in [0.2, 0.25) is 0 Å². The minimum absolute atomic E-state index is 0.135. The molecule has 2 nitrogen and oxygen atoms in total. The van der Waals surface area contributed by atoms with E-state index in [1.54, 1.807) is 0 Å². The number of rotatable bonds is 4. The number of benzene rings is 1. The van der Waals surface area contributed by atoms with E-state index in [1.165, 1.54) is 30.4 Å². The number of ketones is 1. The summed E-state index contributed by atoms with van der Waals surface area (Å²) < 4.78 is 5.89. The molecule has 1 fully saturated rings. The average Bonchev–Trinajstić information content (AvgIpc) is 2.95. The SMILES string of the molecule is CC1CCC(OCC(=O)c2ccc3c(c2)CCC3)CC1C. The smallest absolute Gasteiger partial charge is 0.188 e. The number of Topliss-reactive ketones (excluding diaryl/α,β-unsaturated/α-hetero) is 1. The Morgan fingerprint density at radius 2 is 1.95 bits per heavy atom. The van der Waals surface area contributed by atoms with E-state index >= 15 is 0 Å². The third-order valence-electron chi connectivity index (χ3n) is 5.42. The predicted molar refractivity (Wildman–Crippen MR) is 84.7 cm³/mol. The predicted octanol–water partition coefficient (Wildman–Crippen LogP) is 4.20. The summed E-state index contributed by atoms with van der Waals surface area (Å²) in [5.74, 6) is 1.63. The Labute approximate surface area is 127 Å². The molecule has 0 radical (unpaired) electrons. The first-order chi connectivity index (χ1) is 10.1.